The van der Waals surface area contributed by atoms with Crippen LogP contribution in [0.4, 0.5) is 11.5 Å². The van der Waals surface area contributed by atoms with Crippen LogP contribution in [0.15, 0.2) is 34.9 Å². The smallest absolute Gasteiger partial charge is 0.163 e. The van der Waals surface area contributed by atoms with Crippen LogP contribution in [-0.2, 0) is 0 Å². The molecular formula is C16H19BrN2O2. The zero-order valence-electron chi connectivity index (χ0n) is 12.4. The van der Waals surface area contributed by atoms with Crippen LogP contribution in [0.25, 0.3) is 0 Å². The van der Waals surface area contributed by atoms with Crippen LogP contribution in [-0.4, -0.2) is 18.2 Å². The van der Waals surface area contributed by atoms with E-state index >= 15 is 0 Å². The average Bonchev–Trinajstić information content (AvgIpc) is 2.45. The Labute approximate surface area is 133 Å². The summed E-state index contributed by atoms with van der Waals surface area (Å²) < 4.78 is 12.1. The molecule has 21 heavy (non-hydrogen) atoms. The molecule has 0 aliphatic heterocycles. The summed E-state index contributed by atoms with van der Waals surface area (Å²) in [5.74, 6) is 2.25. The van der Waals surface area contributed by atoms with Crippen LogP contribution in [0.5, 0.6) is 11.5 Å². The molecule has 1 N–H and O–H groups in total. The standard InChI is InChI=1S/C16H19BrN2O2/c1-4-20-14-7-6-12(9-15(14)21-5-2)19-16-13(17)8-11(3)10-18-16/h6-10H,4-5H2,1-3H3,(H,18,19). The Morgan fingerprint density at radius 1 is 1.10 bits per heavy atom. The van der Waals surface area contributed by atoms with Crippen LogP contribution in [0.3, 0.4) is 0 Å². The summed E-state index contributed by atoms with van der Waals surface area (Å²) in [6.07, 6.45) is 1.82. The Morgan fingerprint density at radius 3 is 2.48 bits per heavy atom. The van der Waals surface area contributed by atoms with E-state index in [1.54, 1.807) is 0 Å². The number of benzene rings is 1. The average molecular weight is 351 g/mol. The van der Waals surface area contributed by atoms with Crippen LogP contribution in [0.1, 0.15) is 19.4 Å². The van der Waals surface area contributed by atoms with Gasteiger partial charge in [0, 0.05) is 18.0 Å². The van der Waals surface area contributed by atoms with Gasteiger partial charge in [-0.05, 0) is 60.5 Å². The third kappa shape index (κ3) is 4.11. The van der Waals surface area contributed by atoms with E-state index < -0.39 is 0 Å². The minimum absolute atomic E-state index is 0.593. The van der Waals surface area contributed by atoms with Gasteiger partial charge in [-0.1, -0.05) is 0 Å². The van der Waals surface area contributed by atoms with Crippen molar-refractivity contribution < 1.29 is 9.47 Å². The molecule has 0 fully saturated rings. The van der Waals surface area contributed by atoms with Gasteiger partial charge in [0.05, 0.1) is 17.7 Å². The molecule has 0 spiro atoms. The maximum atomic E-state index is 5.62. The van der Waals surface area contributed by atoms with E-state index in [0.717, 1.165) is 33.0 Å². The van der Waals surface area contributed by atoms with Gasteiger partial charge in [-0.2, -0.15) is 0 Å². The molecule has 1 aromatic carbocycles. The quantitative estimate of drug-likeness (QED) is 0.820. The second kappa shape index (κ2) is 7.31. The van der Waals surface area contributed by atoms with Crippen LogP contribution >= 0.6 is 15.9 Å². The molecule has 112 valence electrons. The Balaban J connectivity index is 2.25. The number of hydrogen-bond donors (Lipinski definition) is 1. The Morgan fingerprint density at radius 2 is 1.81 bits per heavy atom. The lowest BCUT2D eigenvalue weighted by atomic mass is 10.2. The van der Waals surface area contributed by atoms with Crippen molar-refractivity contribution in [3.8, 4) is 11.5 Å². The number of nitrogens with one attached hydrogen (secondary N) is 1. The van der Waals surface area contributed by atoms with Gasteiger partial charge in [-0.15, -0.1) is 0 Å². The van der Waals surface area contributed by atoms with Gasteiger partial charge in [0.1, 0.15) is 5.82 Å². The summed E-state index contributed by atoms with van der Waals surface area (Å²) in [5.41, 5.74) is 2.01. The van der Waals surface area contributed by atoms with Gasteiger partial charge in [-0.3, -0.25) is 0 Å². The summed E-state index contributed by atoms with van der Waals surface area (Å²) in [6.45, 7) is 7.11. The minimum atomic E-state index is 0.593. The molecule has 4 nitrogen and oxygen atoms in total. The van der Waals surface area contributed by atoms with Crippen molar-refractivity contribution in [2.75, 3.05) is 18.5 Å². The fourth-order valence-corrected chi connectivity index (χ4v) is 2.45. The fourth-order valence-electron chi connectivity index (χ4n) is 1.89. The lowest BCUT2D eigenvalue weighted by Crippen LogP contribution is -2.00. The Bertz CT molecular complexity index is 617. The predicted octanol–water partition coefficient (Wildman–Crippen LogP) is 4.69. The number of hydrogen-bond acceptors (Lipinski definition) is 4. The lowest BCUT2D eigenvalue weighted by Gasteiger charge is -2.14. The number of anilines is 2. The molecule has 1 aromatic heterocycles. The second-order valence-electron chi connectivity index (χ2n) is 4.50. The van der Waals surface area contributed by atoms with Crippen molar-refractivity contribution >= 4 is 27.4 Å². The van der Waals surface area contributed by atoms with Gasteiger partial charge in [0.15, 0.2) is 11.5 Å². The fraction of sp³-hybridized carbons (Fsp3) is 0.312. The summed E-state index contributed by atoms with van der Waals surface area (Å²) in [7, 11) is 0. The highest BCUT2D eigenvalue weighted by Gasteiger charge is 2.08. The molecule has 0 aliphatic carbocycles. The predicted molar refractivity (Wildman–Crippen MR) is 88.7 cm³/mol. The Hall–Kier alpha value is -1.75. The lowest BCUT2D eigenvalue weighted by molar-refractivity contribution is 0.288. The van der Waals surface area contributed by atoms with Crippen molar-refractivity contribution in [1.82, 2.24) is 4.98 Å². The maximum Gasteiger partial charge on any atom is 0.163 e. The number of rotatable bonds is 6. The molecule has 0 aliphatic rings. The number of halogens is 1. The summed E-state index contributed by atoms with van der Waals surface area (Å²) in [5, 5.41) is 3.27. The zero-order valence-corrected chi connectivity index (χ0v) is 14.0. The number of ether oxygens (including phenoxy) is 2. The minimum Gasteiger partial charge on any atom is -0.490 e. The molecule has 2 rings (SSSR count). The molecule has 0 unspecified atom stereocenters. The van der Waals surface area contributed by atoms with Crippen molar-refractivity contribution in [1.29, 1.82) is 0 Å². The normalized spacial score (nSPS) is 10.3. The van der Waals surface area contributed by atoms with Crippen LogP contribution in [0.2, 0.25) is 0 Å². The van der Waals surface area contributed by atoms with Gasteiger partial charge < -0.3 is 14.8 Å². The monoisotopic (exact) mass is 350 g/mol. The highest BCUT2D eigenvalue weighted by Crippen LogP contribution is 2.32. The maximum absolute atomic E-state index is 5.62. The summed E-state index contributed by atoms with van der Waals surface area (Å²) >= 11 is 3.51. The van der Waals surface area contributed by atoms with E-state index in [9.17, 15) is 0 Å². The Kier molecular flexibility index (Phi) is 5.44. The third-order valence-corrected chi connectivity index (χ3v) is 3.39. The number of aromatic nitrogens is 1. The van der Waals surface area contributed by atoms with Crippen molar-refractivity contribution in [2.45, 2.75) is 20.8 Å². The topological polar surface area (TPSA) is 43.4 Å². The first-order valence-corrected chi connectivity index (χ1v) is 7.72. The molecule has 0 saturated carbocycles. The largest absolute Gasteiger partial charge is 0.490 e. The molecule has 0 radical (unpaired) electrons. The van der Waals surface area contributed by atoms with E-state index in [0.29, 0.717) is 13.2 Å². The summed E-state index contributed by atoms with van der Waals surface area (Å²) in [4.78, 5) is 4.38. The number of pyridine rings is 1. The molecule has 0 amide bonds. The number of aryl methyl sites for hydroxylation is 1. The van der Waals surface area contributed by atoms with E-state index in [2.05, 4.69) is 26.2 Å². The molecular weight excluding hydrogens is 332 g/mol. The highest BCUT2D eigenvalue weighted by atomic mass is 79.9. The second-order valence-corrected chi connectivity index (χ2v) is 5.35. The SMILES string of the molecule is CCOc1ccc(Nc2ncc(C)cc2Br)cc1OCC. The van der Waals surface area contributed by atoms with Gasteiger partial charge in [0.2, 0.25) is 0 Å². The van der Waals surface area contributed by atoms with Crippen molar-refractivity contribution in [3.63, 3.8) is 0 Å². The first kappa shape index (κ1) is 15.6. The van der Waals surface area contributed by atoms with Gasteiger partial charge >= 0.3 is 0 Å². The molecule has 0 bridgehead atoms. The van der Waals surface area contributed by atoms with E-state index in [1.165, 1.54) is 0 Å². The molecule has 1 heterocycles. The van der Waals surface area contributed by atoms with E-state index in [4.69, 9.17) is 9.47 Å². The molecule has 0 saturated heterocycles. The molecule has 5 heteroatoms. The zero-order chi connectivity index (χ0) is 15.2. The van der Waals surface area contributed by atoms with Gasteiger partial charge in [0.25, 0.3) is 0 Å². The van der Waals surface area contributed by atoms with Crippen molar-refractivity contribution in [3.05, 3.63) is 40.5 Å². The van der Waals surface area contributed by atoms with Crippen LogP contribution < -0.4 is 14.8 Å². The third-order valence-electron chi connectivity index (χ3n) is 2.78. The number of nitrogens with zero attached hydrogens (tertiary/aromatic N) is 1. The van der Waals surface area contributed by atoms with Crippen molar-refractivity contribution in [2.24, 2.45) is 0 Å². The summed E-state index contributed by atoms with van der Waals surface area (Å²) in [6, 6.07) is 7.79. The first-order chi connectivity index (χ1) is 10.1. The van der Waals surface area contributed by atoms with Crippen LogP contribution in [0, 0.1) is 6.92 Å². The highest BCUT2D eigenvalue weighted by molar-refractivity contribution is 9.10. The molecule has 0 atom stereocenters. The van der Waals surface area contributed by atoms with Gasteiger partial charge in [-0.25, -0.2) is 4.98 Å². The van der Waals surface area contributed by atoms with E-state index in [-0.39, 0.29) is 0 Å². The first-order valence-electron chi connectivity index (χ1n) is 6.92. The van der Waals surface area contributed by atoms with E-state index in [1.807, 2.05) is 51.2 Å². The molecule has 2 aromatic rings.